The van der Waals surface area contributed by atoms with Crippen LogP contribution in [0, 0.1) is 0 Å². The van der Waals surface area contributed by atoms with Gasteiger partial charge in [-0.2, -0.15) is 0 Å². The van der Waals surface area contributed by atoms with Crippen molar-refractivity contribution < 1.29 is 19.1 Å². The van der Waals surface area contributed by atoms with Crippen LogP contribution in [0.1, 0.15) is 20.3 Å². The standard InChI is InChI=1S/C8H13NO4S/c1-3-13-7(11)4-6(8(12)14)9-5(2)10/h6H,3-4H2,1-2H3,(H,9,10)(H,12,14)/t6-/m1/s1. The van der Waals surface area contributed by atoms with Crippen LogP contribution in [0.3, 0.4) is 0 Å². The molecule has 0 spiro atoms. The number of esters is 1. The van der Waals surface area contributed by atoms with Gasteiger partial charge in [0, 0.05) is 6.92 Å². The second-order valence-corrected chi connectivity index (χ2v) is 3.04. The lowest BCUT2D eigenvalue weighted by atomic mass is 10.2. The molecular formula is C8H13NO4S. The number of ether oxygens (including phenoxy) is 1. The highest BCUT2D eigenvalue weighted by Gasteiger charge is 2.20. The summed E-state index contributed by atoms with van der Waals surface area (Å²) in [6.45, 7) is 3.16. The maximum Gasteiger partial charge on any atom is 0.308 e. The van der Waals surface area contributed by atoms with E-state index in [9.17, 15) is 14.4 Å². The third kappa shape index (κ3) is 5.58. The Hall–Kier alpha value is -1.04. The van der Waals surface area contributed by atoms with Crippen LogP contribution >= 0.6 is 12.6 Å². The van der Waals surface area contributed by atoms with Gasteiger partial charge in [0.2, 0.25) is 11.0 Å². The van der Waals surface area contributed by atoms with Crippen molar-refractivity contribution in [2.75, 3.05) is 6.61 Å². The maximum absolute atomic E-state index is 11.0. The normalized spacial score (nSPS) is 11.6. The molecule has 0 bridgehead atoms. The van der Waals surface area contributed by atoms with Crippen molar-refractivity contribution in [1.29, 1.82) is 0 Å². The SMILES string of the molecule is CCOC(=O)C[C@@H](NC(C)=O)C(=O)S. The molecule has 1 amide bonds. The number of rotatable bonds is 5. The van der Waals surface area contributed by atoms with Gasteiger partial charge in [0.05, 0.1) is 13.0 Å². The Balaban J connectivity index is 4.16. The van der Waals surface area contributed by atoms with Gasteiger partial charge in [-0.3, -0.25) is 14.4 Å². The quantitative estimate of drug-likeness (QED) is 0.500. The molecule has 0 aliphatic rings. The fraction of sp³-hybridized carbons (Fsp3) is 0.625. The summed E-state index contributed by atoms with van der Waals surface area (Å²) in [5, 5.41) is 1.74. The molecule has 1 atom stereocenters. The molecule has 6 heteroatoms. The Morgan fingerprint density at radius 3 is 2.36 bits per heavy atom. The molecule has 0 saturated carbocycles. The minimum absolute atomic E-state index is 0.185. The van der Waals surface area contributed by atoms with Crippen LogP contribution in [0.2, 0.25) is 0 Å². The van der Waals surface area contributed by atoms with Gasteiger partial charge in [-0.25, -0.2) is 0 Å². The molecular weight excluding hydrogens is 206 g/mol. The fourth-order valence-corrected chi connectivity index (χ4v) is 0.988. The Morgan fingerprint density at radius 1 is 1.43 bits per heavy atom. The summed E-state index contributed by atoms with van der Waals surface area (Å²) in [7, 11) is 0. The minimum atomic E-state index is -0.908. The molecule has 0 unspecified atom stereocenters. The average Bonchev–Trinajstić information content (AvgIpc) is 2.02. The third-order valence-electron chi connectivity index (χ3n) is 1.35. The van der Waals surface area contributed by atoms with Crippen molar-refractivity contribution in [2.24, 2.45) is 0 Å². The molecule has 0 aromatic rings. The van der Waals surface area contributed by atoms with Crippen molar-refractivity contribution in [3.8, 4) is 0 Å². The fourth-order valence-electron chi connectivity index (χ4n) is 0.832. The van der Waals surface area contributed by atoms with Gasteiger partial charge in [0.15, 0.2) is 0 Å². The molecule has 0 saturated heterocycles. The van der Waals surface area contributed by atoms with E-state index in [0.29, 0.717) is 0 Å². The number of thiol groups is 1. The molecule has 0 radical (unpaired) electrons. The monoisotopic (exact) mass is 219 g/mol. The van der Waals surface area contributed by atoms with Gasteiger partial charge in [0.25, 0.3) is 0 Å². The summed E-state index contributed by atoms with van der Waals surface area (Å²) in [6.07, 6.45) is -0.185. The summed E-state index contributed by atoms with van der Waals surface area (Å²) in [4.78, 5) is 32.5. The van der Waals surface area contributed by atoms with Gasteiger partial charge in [-0.15, -0.1) is 12.6 Å². The number of amides is 1. The lowest BCUT2D eigenvalue weighted by Crippen LogP contribution is -2.39. The molecule has 14 heavy (non-hydrogen) atoms. The van der Waals surface area contributed by atoms with E-state index in [1.807, 2.05) is 0 Å². The largest absolute Gasteiger partial charge is 0.466 e. The predicted octanol–water partition coefficient (Wildman–Crippen LogP) is -0.0993. The Morgan fingerprint density at radius 2 is 2.00 bits per heavy atom. The van der Waals surface area contributed by atoms with Crippen LogP contribution in [-0.2, 0) is 19.1 Å². The minimum Gasteiger partial charge on any atom is -0.466 e. The van der Waals surface area contributed by atoms with Crippen LogP contribution in [-0.4, -0.2) is 29.6 Å². The van der Waals surface area contributed by atoms with E-state index in [1.54, 1.807) is 6.92 Å². The van der Waals surface area contributed by atoms with Crippen LogP contribution in [0.25, 0.3) is 0 Å². The van der Waals surface area contributed by atoms with Crippen molar-refractivity contribution in [1.82, 2.24) is 5.32 Å². The molecule has 0 fully saturated rings. The highest BCUT2D eigenvalue weighted by molar-refractivity contribution is 7.96. The first-order valence-electron chi connectivity index (χ1n) is 4.13. The molecule has 0 aromatic heterocycles. The van der Waals surface area contributed by atoms with Crippen LogP contribution in [0.4, 0.5) is 0 Å². The van der Waals surface area contributed by atoms with Crippen LogP contribution in [0.5, 0.6) is 0 Å². The number of hydrogen-bond acceptors (Lipinski definition) is 4. The smallest absolute Gasteiger partial charge is 0.308 e. The van der Waals surface area contributed by atoms with Crippen LogP contribution < -0.4 is 5.32 Å². The molecule has 0 aliphatic heterocycles. The maximum atomic E-state index is 11.0. The van der Waals surface area contributed by atoms with E-state index < -0.39 is 17.1 Å². The van der Waals surface area contributed by atoms with Crippen LogP contribution in [0.15, 0.2) is 0 Å². The van der Waals surface area contributed by atoms with Gasteiger partial charge in [0.1, 0.15) is 6.04 Å². The summed E-state index contributed by atoms with van der Waals surface area (Å²) in [5.41, 5.74) is 0. The van der Waals surface area contributed by atoms with Crippen molar-refractivity contribution in [2.45, 2.75) is 26.3 Å². The summed E-state index contributed by atoms with van der Waals surface area (Å²) >= 11 is 3.55. The topological polar surface area (TPSA) is 72.5 Å². The van der Waals surface area contributed by atoms with E-state index >= 15 is 0 Å². The van der Waals surface area contributed by atoms with Crippen molar-refractivity contribution in [3.63, 3.8) is 0 Å². The zero-order valence-electron chi connectivity index (χ0n) is 8.07. The molecule has 0 rings (SSSR count). The Bertz CT molecular complexity index is 241. The lowest BCUT2D eigenvalue weighted by Gasteiger charge is -2.12. The first-order chi connectivity index (χ1) is 6.47. The zero-order chi connectivity index (χ0) is 11.1. The lowest BCUT2D eigenvalue weighted by molar-refractivity contribution is -0.144. The van der Waals surface area contributed by atoms with Gasteiger partial charge in [-0.1, -0.05) is 0 Å². The zero-order valence-corrected chi connectivity index (χ0v) is 8.97. The molecule has 5 nitrogen and oxygen atoms in total. The predicted molar refractivity (Wildman–Crippen MR) is 52.8 cm³/mol. The van der Waals surface area contributed by atoms with Crippen molar-refractivity contribution in [3.05, 3.63) is 0 Å². The van der Waals surface area contributed by atoms with E-state index in [4.69, 9.17) is 0 Å². The van der Waals surface area contributed by atoms with E-state index in [0.717, 1.165) is 0 Å². The second-order valence-electron chi connectivity index (χ2n) is 2.60. The highest BCUT2D eigenvalue weighted by atomic mass is 32.1. The van der Waals surface area contributed by atoms with E-state index in [1.165, 1.54) is 6.92 Å². The first-order valence-corrected chi connectivity index (χ1v) is 4.57. The molecule has 80 valence electrons. The summed E-state index contributed by atoms with van der Waals surface area (Å²) in [5.74, 6) is -0.921. The Kier molecular flexibility index (Phi) is 5.94. The summed E-state index contributed by atoms with van der Waals surface area (Å²) < 4.78 is 4.63. The average molecular weight is 219 g/mol. The number of hydrogen-bond donors (Lipinski definition) is 2. The third-order valence-corrected chi connectivity index (χ3v) is 1.66. The highest BCUT2D eigenvalue weighted by Crippen LogP contribution is 1.99. The van der Waals surface area contributed by atoms with E-state index in [2.05, 4.69) is 22.7 Å². The Labute approximate surface area is 87.6 Å². The molecule has 0 aliphatic carbocycles. The summed E-state index contributed by atoms with van der Waals surface area (Å²) in [6, 6.07) is -0.908. The molecule has 0 aromatic carbocycles. The van der Waals surface area contributed by atoms with Crippen molar-refractivity contribution >= 4 is 29.6 Å². The van der Waals surface area contributed by atoms with E-state index in [-0.39, 0.29) is 18.9 Å². The van der Waals surface area contributed by atoms with Gasteiger partial charge < -0.3 is 10.1 Å². The molecule has 1 N–H and O–H groups in total. The number of carbonyl (C=O) groups is 3. The number of carbonyl (C=O) groups excluding carboxylic acids is 3. The molecule has 0 heterocycles. The second kappa shape index (κ2) is 6.42. The van der Waals surface area contributed by atoms with Gasteiger partial charge in [-0.05, 0) is 6.92 Å². The van der Waals surface area contributed by atoms with Gasteiger partial charge >= 0.3 is 5.97 Å². The number of nitrogens with one attached hydrogen (secondary N) is 1. The first kappa shape index (κ1) is 13.0.